The molecular weight excluding hydrogens is 258 g/mol. The van der Waals surface area contributed by atoms with E-state index >= 15 is 0 Å². The van der Waals surface area contributed by atoms with E-state index in [1.807, 2.05) is 19.9 Å². The number of carboxylic acid groups (broad SMARTS) is 1. The van der Waals surface area contributed by atoms with Gasteiger partial charge in [0.15, 0.2) is 0 Å². The van der Waals surface area contributed by atoms with Gasteiger partial charge in [-0.1, -0.05) is 13.8 Å². The van der Waals surface area contributed by atoms with E-state index in [1.54, 1.807) is 6.92 Å². The third kappa shape index (κ3) is 4.05. The molecule has 1 aromatic rings. The maximum Gasteiger partial charge on any atom is 0.326 e. The Labute approximate surface area is 117 Å². The van der Waals surface area contributed by atoms with Gasteiger partial charge in [0.1, 0.15) is 17.8 Å². The number of carboxylic acids is 1. The number of aryl methyl sites for hydroxylation is 1. The fraction of sp³-hybridized carbons (Fsp3) is 0.429. The maximum absolute atomic E-state index is 12.0. The zero-order valence-corrected chi connectivity index (χ0v) is 11.7. The molecule has 0 bridgehead atoms. The lowest BCUT2D eigenvalue weighted by Gasteiger charge is -2.16. The van der Waals surface area contributed by atoms with Crippen molar-refractivity contribution in [1.29, 1.82) is 5.26 Å². The summed E-state index contributed by atoms with van der Waals surface area (Å²) in [5.74, 6) is -1.48. The summed E-state index contributed by atoms with van der Waals surface area (Å²) < 4.78 is 0. The van der Waals surface area contributed by atoms with Gasteiger partial charge in [0.25, 0.3) is 5.91 Å². The van der Waals surface area contributed by atoms with Crippen LogP contribution in [0.3, 0.4) is 0 Å². The predicted octanol–water partition coefficient (Wildman–Crippen LogP) is 1.49. The topological polar surface area (TPSA) is 103 Å². The average molecular weight is 275 g/mol. The van der Waals surface area contributed by atoms with Crippen LogP contribution in [0.15, 0.2) is 12.1 Å². The van der Waals surface area contributed by atoms with E-state index in [0.717, 1.165) is 0 Å². The molecule has 0 saturated carbocycles. The molecule has 0 saturated heterocycles. The SMILES string of the molecule is Cc1nc(C(=O)N[C@H](CC(C)C)C(=O)O)ccc1C#N. The smallest absolute Gasteiger partial charge is 0.326 e. The minimum atomic E-state index is -1.07. The summed E-state index contributed by atoms with van der Waals surface area (Å²) >= 11 is 0. The second-order valence-electron chi connectivity index (χ2n) is 4.94. The van der Waals surface area contributed by atoms with Crippen molar-refractivity contribution < 1.29 is 14.7 Å². The number of carbonyl (C=O) groups is 2. The van der Waals surface area contributed by atoms with Crippen molar-refractivity contribution >= 4 is 11.9 Å². The summed E-state index contributed by atoms with van der Waals surface area (Å²) in [4.78, 5) is 27.1. The van der Waals surface area contributed by atoms with Crippen molar-refractivity contribution in [3.8, 4) is 6.07 Å². The standard InChI is InChI=1S/C14H17N3O3/c1-8(2)6-12(14(19)20)17-13(18)11-5-4-10(7-15)9(3)16-11/h4-5,8,12H,6H2,1-3H3,(H,17,18)(H,19,20)/t12-/m1/s1. The van der Waals surface area contributed by atoms with Crippen LogP contribution in [0.1, 0.15) is 42.0 Å². The van der Waals surface area contributed by atoms with Crippen LogP contribution in [0.5, 0.6) is 0 Å². The molecule has 0 aliphatic rings. The highest BCUT2D eigenvalue weighted by Crippen LogP contribution is 2.08. The Bertz CT molecular complexity index is 561. The molecule has 6 nitrogen and oxygen atoms in total. The van der Waals surface area contributed by atoms with Gasteiger partial charge >= 0.3 is 5.97 Å². The normalized spacial score (nSPS) is 11.8. The first-order chi connectivity index (χ1) is 9.35. The van der Waals surface area contributed by atoms with Crippen molar-refractivity contribution in [3.05, 3.63) is 29.1 Å². The molecule has 0 unspecified atom stereocenters. The summed E-state index contributed by atoms with van der Waals surface area (Å²) in [6.07, 6.45) is 0.344. The Kier molecular flexibility index (Phi) is 5.21. The summed E-state index contributed by atoms with van der Waals surface area (Å²) in [6.45, 7) is 5.39. The second kappa shape index (κ2) is 6.66. The summed E-state index contributed by atoms with van der Waals surface area (Å²) in [7, 11) is 0. The zero-order valence-electron chi connectivity index (χ0n) is 11.7. The number of carbonyl (C=O) groups excluding carboxylic acids is 1. The van der Waals surface area contributed by atoms with Crippen molar-refractivity contribution in [2.75, 3.05) is 0 Å². The van der Waals surface area contributed by atoms with E-state index in [0.29, 0.717) is 17.7 Å². The van der Waals surface area contributed by atoms with Crippen LogP contribution < -0.4 is 5.32 Å². The van der Waals surface area contributed by atoms with Gasteiger partial charge in [-0.15, -0.1) is 0 Å². The number of pyridine rings is 1. The molecule has 0 spiro atoms. The van der Waals surface area contributed by atoms with Crippen LogP contribution in [0.25, 0.3) is 0 Å². The number of rotatable bonds is 5. The second-order valence-corrected chi connectivity index (χ2v) is 4.94. The Morgan fingerprint density at radius 1 is 1.45 bits per heavy atom. The van der Waals surface area contributed by atoms with Crippen molar-refractivity contribution in [3.63, 3.8) is 0 Å². The molecule has 1 atom stereocenters. The van der Waals surface area contributed by atoms with Gasteiger partial charge < -0.3 is 10.4 Å². The van der Waals surface area contributed by atoms with Gasteiger partial charge in [-0.3, -0.25) is 4.79 Å². The first-order valence-electron chi connectivity index (χ1n) is 6.26. The summed E-state index contributed by atoms with van der Waals surface area (Å²) in [6, 6.07) is 3.92. The van der Waals surface area contributed by atoms with Crippen molar-refractivity contribution in [2.45, 2.75) is 33.2 Å². The van der Waals surface area contributed by atoms with Crippen LogP contribution in [-0.4, -0.2) is 28.0 Å². The number of nitrogens with one attached hydrogen (secondary N) is 1. The fourth-order valence-electron chi connectivity index (χ4n) is 1.73. The Morgan fingerprint density at radius 2 is 2.10 bits per heavy atom. The predicted molar refractivity (Wildman–Crippen MR) is 72.0 cm³/mol. The number of nitrogens with zero attached hydrogens (tertiary/aromatic N) is 2. The van der Waals surface area contributed by atoms with Gasteiger partial charge in [-0.25, -0.2) is 9.78 Å². The third-order valence-electron chi connectivity index (χ3n) is 2.75. The lowest BCUT2D eigenvalue weighted by molar-refractivity contribution is -0.139. The van der Waals surface area contributed by atoms with Crippen molar-refractivity contribution in [2.24, 2.45) is 5.92 Å². The quantitative estimate of drug-likeness (QED) is 0.847. The lowest BCUT2D eigenvalue weighted by Crippen LogP contribution is -2.42. The molecule has 1 rings (SSSR count). The Hall–Kier alpha value is -2.42. The average Bonchev–Trinajstić information content (AvgIpc) is 2.37. The molecule has 0 aromatic carbocycles. The molecular formula is C14H17N3O3. The van der Waals surface area contributed by atoms with Gasteiger partial charge in [0.05, 0.1) is 11.3 Å². The lowest BCUT2D eigenvalue weighted by atomic mass is 10.0. The van der Waals surface area contributed by atoms with Crippen molar-refractivity contribution in [1.82, 2.24) is 10.3 Å². The van der Waals surface area contributed by atoms with E-state index in [2.05, 4.69) is 10.3 Å². The first-order valence-corrected chi connectivity index (χ1v) is 6.26. The molecule has 2 N–H and O–H groups in total. The molecule has 20 heavy (non-hydrogen) atoms. The fourth-order valence-corrected chi connectivity index (χ4v) is 1.73. The van der Waals surface area contributed by atoms with Gasteiger partial charge in [0, 0.05) is 0 Å². The number of nitriles is 1. The van der Waals surface area contributed by atoms with Crippen LogP contribution >= 0.6 is 0 Å². The largest absolute Gasteiger partial charge is 0.480 e. The first kappa shape index (κ1) is 15.6. The Balaban J connectivity index is 2.87. The van der Waals surface area contributed by atoms with E-state index in [4.69, 9.17) is 10.4 Å². The highest BCUT2D eigenvalue weighted by Gasteiger charge is 2.22. The zero-order chi connectivity index (χ0) is 15.3. The van der Waals surface area contributed by atoms with Gasteiger partial charge in [-0.05, 0) is 31.4 Å². The number of hydrogen-bond acceptors (Lipinski definition) is 4. The van der Waals surface area contributed by atoms with Crippen LogP contribution in [0, 0.1) is 24.2 Å². The van der Waals surface area contributed by atoms with Crippen LogP contribution in [-0.2, 0) is 4.79 Å². The molecule has 0 aliphatic carbocycles. The third-order valence-corrected chi connectivity index (χ3v) is 2.75. The number of hydrogen-bond donors (Lipinski definition) is 2. The van der Waals surface area contributed by atoms with E-state index in [1.165, 1.54) is 12.1 Å². The Morgan fingerprint density at radius 3 is 2.55 bits per heavy atom. The maximum atomic E-state index is 12.0. The molecule has 106 valence electrons. The monoisotopic (exact) mass is 275 g/mol. The van der Waals surface area contributed by atoms with E-state index in [-0.39, 0.29) is 11.6 Å². The van der Waals surface area contributed by atoms with Crippen LogP contribution in [0.2, 0.25) is 0 Å². The molecule has 0 aliphatic heterocycles. The molecule has 1 heterocycles. The number of aromatic nitrogens is 1. The number of amides is 1. The molecule has 1 amide bonds. The minimum Gasteiger partial charge on any atom is -0.480 e. The molecule has 1 aromatic heterocycles. The minimum absolute atomic E-state index is 0.108. The van der Waals surface area contributed by atoms with Gasteiger partial charge in [-0.2, -0.15) is 5.26 Å². The summed E-state index contributed by atoms with van der Waals surface area (Å²) in [5, 5.41) is 20.3. The highest BCUT2D eigenvalue weighted by atomic mass is 16.4. The molecule has 0 radical (unpaired) electrons. The summed E-state index contributed by atoms with van der Waals surface area (Å²) in [5.41, 5.74) is 0.936. The van der Waals surface area contributed by atoms with E-state index < -0.39 is 17.9 Å². The number of aliphatic carboxylic acids is 1. The van der Waals surface area contributed by atoms with E-state index in [9.17, 15) is 9.59 Å². The molecule has 0 fully saturated rings. The molecule has 6 heteroatoms. The van der Waals surface area contributed by atoms with Crippen LogP contribution in [0.4, 0.5) is 0 Å². The highest BCUT2D eigenvalue weighted by molar-refractivity contribution is 5.95. The van der Waals surface area contributed by atoms with Gasteiger partial charge in [0.2, 0.25) is 0 Å².